The first-order valence-electron chi connectivity index (χ1n) is 9.19. The molecular formula is C20H27ClN4OS. The predicted molar refractivity (Wildman–Crippen MR) is 114 cm³/mol. The van der Waals surface area contributed by atoms with E-state index in [2.05, 4.69) is 47.9 Å². The van der Waals surface area contributed by atoms with Gasteiger partial charge in [-0.3, -0.25) is 4.79 Å². The summed E-state index contributed by atoms with van der Waals surface area (Å²) in [4.78, 5) is 22.2. The van der Waals surface area contributed by atoms with Gasteiger partial charge in [-0.15, -0.1) is 0 Å². The molecule has 2 heterocycles. The topological polar surface area (TPSA) is 48.5 Å². The maximum atomic E-state index is 13.1. The van der Waals surface area contributed by atoms with Crippen molar-refractivity contribution in [3.8, 4) is 0 Å². The largest absolute Gasteiger partial charge is 0.360 e. The van der Waals surface area contributed by atoms with Crippen molar-refractivity contribution < 1.29 is 4.79 Å². The Kier molecular flexibility index (Phi) is 6.08. The third-order valence-electron chi connectivity index (χ3n) is 4.87. The molecule has 1 amide bonds. The molecule has 0 unspecified atom stereocenters. The van der Waals surface area contributed by atoms with Crippen LogP contribution in [0.1, 0.15) is 32.3 Å². The number of amides is 1. The van der Waals surface area contributed by atoms with Gasteiger partial charge in [-0.05, 0) is 30.2 Å². The molecule has 0 saturated carbocycles. The van der Waals surface area contributed by atoms with Crippen molar-refractivity contribution in [3.63, 3.8) is 0 Å². The van der Waals surface area contributed by atoms with Crippen LogP contribution >= 0.6 is 22.9 Å². The summed E-state index contributed by atoms with van der Waals surface area (Å²) in [5.41, 5.74) is 0.732. The van der Waals surface area contributed by atoms with Gasteiger partial charge in [0.2, 0.25) is 5.91 Å². The second kappa shape index (κ2) is 8.17. The molecule has 146 valence electrons. The first-order chi connectivity index (χ1) is 12.7. The molecule has 1 atom stereocenters. The van der Waals surface area contributed by atoms with Gasteiger partial charge in [-0.25, -0.2) is 4.98 Å². The van der Waals surface area contributed by atoms with E-state index >= 15 is 0 Å². The van der Waals surface area contributed by atoms with Crippen LogP contribution in [-0.4, -0.2) is 49.0 Å². The maximum absolute atomic E-state index is 13.1. The average molecular weight is 407 g/mol. The lowest BCUT2D eigenvalue weighted by Gasteiger charge is -2.32. The molecule has 1 aliphatic rings. The van der Waals surface area contributed by atoms with E-state index in [0.717, 1.165) is 36.7 Å². The number of hydrogen-bond acceptors (Lipinski definition) is 5. The Labute approximate surface area is 170 Å². The van der Waals surface area contributed by atoms with Gasteiger partial charge in [-0.2, -0.15) is 0 Å². The fourth-order valence-electron chi connectivity index (χ4n) is 3.37. The fourth-order valence-corrected chi connectivity index (χ4v) is 4.37. The number of nitrogens with one attached hydrogen (secondary N) is 1. The molecule has 0 bridgehead atoms. The van der Waals surface area contributed by atoms with Crippen LogP contribution in [0.2, 0.25) is 5.02 Å². The van der Waals surface area contributed by atoms with Crippen LogP contribution in [0.15, 0.2) is 30.5 Å². The zero-order chi connectivity index (χ0) is 19.6. The highest BCUT2D eigenvalue weighted by molar-refractivity contribution is 7.19. The molecule has 1 aromatic carbocycles. The lowest BCUT2D eigenvalue weighted by Crippen LogP contribution is -2.44. The van der Waals surface area contributed by atoms with Gasteiger partial charge in [0.25, 0.3) is 0 Å². The van der Waals surface area contributed by atoms with Crippen LogP contribution in [0, 0.1) is 5.41 Å². The minimum Gasteiger partial charge on any atom is -0.360 e. The molecule has 5 nitrogen and oxygen atoms in total. The Morgan fingerprint density at radius 1 is 1.19 bits per heavy atom. The van der Waals surface area contributed by atoms with E-state index in [1.54, 1.807) is 0 Å². The maximum Gasteiger partial charge on any atom is 0.234 e. The number of aromatic nitrogens is 1. The SMILES string of the molecule is CN1CCN(c2cnc(NC(=O)[C@H](c3ccc(Cl)cc3)C(C)(C)C)s2)CC1. The Morgan fingerprint density at radius 2 is 1.81 bits per heavy atom. The Morgan fingerprint density at radius 3 is 2.41 bits per heavy atom. The van der Waals surface area contributed by atoms with E-state index in [-0.39, 0.29) is 17.2 Å². The van der Waals surface area contributed by atoms with Gasteiger partial charge in [0.15, 0.2) is 5.13 Å². The molecule has 2 aromatic rings. The van der Waals surface area contributed by atoms with Crippen molar-refractivity contribution in [3.05, 3.63) is 41.0 Å². The number of nitrogens with zero attached hydrogens (tertiary/aromatic N) is 3. The number of hydrogen-bond donors (Lipinski definition) is 1. The van der Waals surface area contributed by atoms with Gasteiger partial charge in [0, 0.05) is 31.2 Å². The molecular weight excluding hydrogens is 380 g/mol. The van der Waals surface area contributed by atoms with Crippen LogP contribution < -0.4 is 10.2 Å². The quantitative estimate of drug-likeness (QED) is 0.821. The van der Waals surface area contributed by atoms with Crippen LogP contribution in [0.5, 0.6) is 0 Å². The summed E-state index contributed by atoms with van der Waals surface area (Å²) in [5.74, 6) is -0.324. The highest BCUT2D eigenvalue weighted by Gasteiger charge is 2.33. The molecule has 3 rings (SSSR count). The zero-order valence-electron chi connectivity index (χ0n) is 16.3. The number of anilines is 2. The van der Waals surface area contributed by atoms with E-state index in [9.17, 15) is 4.79 Å². The van der Waals surface area contributed by atoms with E-state index in [1.165, 1.54) is 11.3 Å². The second-order valence-corrected chi connectivity index (χ2v) is 9.58. The number of carbonyl (C=O) groups is 1. The predicted octanol–water partition coefficient (Wildman–Crippen LogP) is 4.32. The highest BCUT2D eigenvalue weighted by atomic mass is 35.5. The van der Waals surface area contributed by atoms with Gasteiger partial charge < -0.3 is 15.1 Å². The molecule has 0 aliphatic carbocycles. The summed E-state index contributed by atoms with van der Waals surface area (Å²) in [7, 11) is 2.14. The fraction of sp³-hybridized carbons (Fsp3) is 0.500. The molecule has 27 heavy (non-hydrogen) atoms. The summed E-state index contributed by atoms with van der Waals surface area (Å²) in [6, 6.07) is 7.51. The lowest BCUT2D eigenvalue weighted by atomic mass is 9.76. The molecule has 1 fully saturated rings. The normalized spacial score (nSPS) is 17.0. The number of carbonyl (C=O) groups excluding carboxylic acids is 1. The molecule has 1 aliphatic heterocycles. The van der Waals surface area contributed by atoms with Crippen molar-refractivity contribution >= 4 is 39.0 Å². The Hall–Kier alpha value is -1.63. The van der Waals surface area contributed by atoms with Crippen molar-refractivity contribution in [2.24, 2.45) is 5.41 Å². The summed E-state index contributed by atoms with van der Waals surface area (Å²) >= 11 is 7.55. The minimum atomic E-state index is -0.286. The number of likely N-dealkylation sites (N-methyl/N-ethyl adjacent to an activating group) is 1. The van der Waals surface area contributed by atoms with Gasteiger partial charge in [0.1, 0.15) is 5.00 Å². The van der Waals surface area contributed by atoms with E-state index in [1.807, 2.05) is 30.5 Å². The van der Waals surface area contributed by atoms with Crippen molar-refractivity contribution in [1.29, 1.82) is 0 Å². The Balaban J connectivity index is 1.73. The summed E-state index contributed by atoms with van der Waals surface area (Å²) in [5, 5.41) is 5.46. The molecule has 0 radical (unpaired) electrons. The monoisotopic (exact) mass is 406 g/mol. The molecule has 1 saturated heterocycles. The van der Waals surface area contributed by atoms with Crippen LogP contribution in [0.4, 0.5) is 10.1 Å². The number of rotatable bonds is 4. The Bertz CT molecular complexity index is 776. The molecule has 7 heteroatoms. The van der Waals surface area contributed by atoms with Crippen molar-refractivity contribution in [2.45, 2.75) is 26.7 Å². The second-order valence-electron chi connectivity index (χ2n) is 8.13. The number of benzene rings is 1. The third-order valence-corrected chi connectivity index (χ3v) is 6.10. The average Bonchev–Trinajstić information content (AvgIpc) is 3.04. The van der Waals surface area contributed by atoms with Crippen LogP contribution in [-0.2, 0) is 4.79 Å². The number of thiazole rings is 1. The van der Waals surface area contributed by atoms with Gasteiger partial charge in [0.05, 0.1) is 12.1 Å². The van der Waals surface area contributed by atoms with Crippen molar-refractivity contribution in [1.82, 2.24) is 9.88 Å². The van der Waals surface area contributed by atoms with E-state index in [4.69, 9.17) is 11.6 Å². The summed E-state index contributed by atoms with van der Waals surface area (Å²) < 4.78 is 0. The standard InChI is InChI=1S/C20H27ClN4OS/c1-20(2,3)17(14-5-7-15(21)8-6-14)18(26)23-19-22-13-16(27-19)25-11-9-24(4)10-12-25/h5-8,13,17H,9-12H2,1-4H3,(H,22,23,26)/t17-/m0/s1. The van der Waals surface area contributed by atoms with E-state index < -0.39 is 0 Å². The molecule has 1 aromatic heterocycles. The number of piperazine rings is 1. The van der Waals surface area contributed by atoms with Gasteiger partial charge >= 0.3 is 0 Å². The third kappa shape index (κ3) is 5.00. The first-order valence-corrected chi connectivity index (χ1v) is 10.4. The van der Waals surface area contributed by atoms with Gasteiger partial charge in [-0.1, -0.05) is 55.8 Å². The smallest absolute Gasteiger partial charge is 0.234 e. The molecule has 0 spiro atoms. The highest BCUT2D eigenvalue weighted by Crippen LogP contribution is 2.37. The number of halogens is 1. The molecule has 1 N–H and O–H groups in total. The lowest BCUT2D eigenvalue weighted by molar-refractivity contribution is -0.119. The zero-order valence-corrected chi connectivity index (χ0v) is 17.9. The van der Waals surface area contributed by atoms with Crippen LogP contribution in [0.25, 0.3) is 0 Å². The van der Waals surface area contributed by atoms with Crippen molar-refractivity contribution in [2.75, 3.05) is 43.4 Å². The van der Waals surface area contributed by atoms with E-state index in [0.29, 0.717) is 10.2 Å². The summed E-state index contributed by atoms with van der Waals surface area (Å²) in [6.07, 6.45) is 1.86. The minimum absolute atomic E-state index is 0.0379. The first kappa shape index (κ1) is 20.1. The van der Waals surface area contributed by atoms with Crippen LogP contribution in [0.3, 0.4) is 0 Å². The summed E-state index contributed by atoms with van der Waals surface area (Å²) in [6.45, 7) is 10.3.